The van der Waals surface area contributed by atoms with E-state index in [4.69, 9.17) is 4.74 Å². The van der Waals surface area contributed by atoms with Crippen molar-refractivity contribution in [1.82, 2.24) is 10.2 Å². The molecule has 2 saturated heterocycles. The van der Waals surface area contributed by atoms with Gasteiger partial charge in [-0.1, -0.05) is 18.2 Å². The average Bonchev–Trinajstić information content (AvgIpc) is 2.90. The minimum Gasteiger partial charge on any atom is -0.496 e. The number of rotatable bonds is 3. The number of ether oxygens (including phenoxy) is 1. The first-order chi connectivity index (χ1) is 9.29. The van der Waals surface area contributed by atoms with Crippen molar-refractivity contribution in [2.75, 3.05) is 26.7 Å². The minimum absolute atomic E-state index is 0.434. The Bertz CT molecular complexity index is 421. The zero-order valence-corrected chi connectivity index (χ0v) is 11.9. The minimum atomic E-state index is 0.434. The smallest absolute Gasteiger partial charge is 0.123 e. The maximum Gasteiger partial charge on any atom is 0.123 e. The Kier molecular flexibility index (Phi) is 3.76. The van der Waals surface area contributed by atoms with Gasteiger partial charge in [0.2, 0.25) is 0 Å². The zero-order valence-electron chi connectivity index (χ0n) is 11.9. The van der Waals surface area contributed by atoms with E-state index in [2.05, 4.69) is 35.3 Å². The molecule has 3 atom stereocenters. The molecule has 1 aromatic carbocycles. The maximum absolute atomic E-state index is 5.50. The number of hydrogen-bond donors (Lipinski definition) is 1. The highest BCUT2D eigenvalue weighted by atomic mass is 16.5. The lowest BCUT2D eigenvalue weighted by Crippen LogP contribution is -2.40. The monoisotopic (exact) mass is 260 g/mol. The van der Waals surface area contributed by atoms with Crippen molar-refractivity contribution >= 4 is 0 Å². The largest absolute Gasteiger partial charge is 0.496 e. The lowest BCUT2D eigenvalue weighted by atomic mass is 9.94. The quantitative estimate of drug-likeness (QED) is 0.903. The molecule has 0 saturated carbocycles. The molecule has 0 aliphatic carbocycles. The van der Waals surface area contributed by atoms with Gasteiger partial charge < -0.3 is 10.1 Å². The van der Waals surface area contributed by atoms with Gasteiger partial charge in [0, 0.05) is 30.7 Å². The topological polar surface area (TPSA) is 24.5 Å². The molecule has 2 fully saturated rings. The van der Waals surface area contributed by atoms with E-state index in [1.54, 1.807) is 7.11 Å². The van der Waals surface area contributed by atoms with Crippen molar-refractivity contribution in [3.63, 3.8) is 0 Å². The second-order valence-electron chi connectivity index (χ2n) is 5.83. The number of nitrogens with zero attached hydrogens (tertiary/aromatic N) is 1. The van der Waals surface area contributed by atoms with Gasteiger partial charge in [0.1, 0.15) is 5.75 Å². The van der Waals surface area contributed by atoms with Gasteiger partial charge in [0.05, 0.1) is 7.11 Å². The molecule has 104 valence electrons. The van der Waals surface area contributed by atoms with E-state index in [0.717, 1.165) is 11.7 Å². The van der Waals surface area contributed by atoms with Crippen LogP contribution in [0.4, 0.5) is 0 Å². The highest BCUT2D eigenvalue weighted by Gasteiger charge is 2.36. The SMILES string of the molecule is COc1ccccc1C(C)N1C[C@@H]2CCCN[C@@H]2C1. The van der Waals surface area contributed by atoms with Crippen LogP contribution in [0.5, 0.6) is 5.75 Å². The van der Waals surface area contributed by atoms with Crippen LogP contribution in [0.3, 0.4) is 0 Å². The van der Waals surface area contributed by atoms with E-state index in [0.29, 0.717) is 12.1 Å². The molecule has 1 aromatic rings. The van der Waals surface area contributed by atoms with Crippen molar-refractivity contribution in [2.24, 2.45) is 5.92 Å². The molecule has 2 aliphatic rings. The number of benzene rings is 1. The third-order valence-corrected chi connectivity index (χ3v) is 4.76. The van der Waals surface area contributed by atoms with Gasteiger partial charge in [0.15, 0.2) is 0 Å². The molecule has 0 bridgehead atoms. The van der Waals surface area contributed by atoms with Gasteiger partial charge in [-0.2, -0.15) is 0 Å². The molecule has 2 heterocycles. The predicted octanol–water partition coefficient (Wildman–Crippen LogP) is 2.44. The number of hydrogen-bond acceptors (Lipinski definition) is 3. The third kappa shape index (κ3) is 2.49. The van der Waals surface area contributed by atoms with E-state index in [-0.39, 0.29) is 0 Å². The number of nitrogens with one attached hydrogen (secondary N) is 1. The fourth-order valence-corrected chi connectivity index (χ4v) is 3.60. The number of piperidine rings is 1. The fourth-order valence-electron chi connectivity index (χ4n) is 3.60. The Morgan fingerprint density at radius 3 is 2.95 bits per heavy atom. The van der Waals surface area contributed by atoms with Crippen molar-refractivity contribution in [1.29, 1.82) is 0 Å². The lowest BCUT2D eigenvalue weighted by Gasteiger charge is -2.26. The summed E-state index contributed by atoms with van der Waals surface area (Å²) in [7, 11) is 1.76. The summed E-state index contributed by atoms with van der Waals surface area (Å²) < 4.78 is 5.50. The number of methoxy groups -OCH3 is 1. The van der Waals surface area contributed by atoms with Crippen molar-refractivity contribution < 1.29 is 4.74 Å². The van der Waals surface area contributed by atoms with Gasteiger partial charge in [-0.05, 0) is 38.3 Å². The Hall–Kier alpha value is -1.06. The first kappa shape index (κ1) is 12.9. The van der Waals surface area contributed by atoms with Crippen LogP contribution in [-0.2, 0) is 0 Å². The Morgan fingerprint density at radius 2 is 2.16 bits per heavy atom. The molecule has 0 aromatic heterocycles. The van der Waals surface area contributed by atoms with E-state index in [1.165, 1.54) is 38.0 Å². The van der Waals surface area contributed by atoms with Crippen LogP contribution < -0.4 is 10.1 Å². The standard InChI is InChI=1S/C16H24N2O/c1-12(14-7-3-4-8-16(14)19-2)18-10-13-6-5-9-17-15(13)11-18/h3-4,7-8,12-13,15,17H,5-6,9-11H2,1-2H3/t12?,13-,15+/m0/s1. The van der Waals surface area contributed by atoms with E-state index >= 15 is 0 Å². The molecule has 0 radical (unpaired) electrons. The summed E-state index contributed by atoms with van der Waals surface area (Å²) in [5, 5.41) is 3.67. The van der Waals surface area contributed by atoms with E-state index < -0.39 is 0 Å². The van der Waals surface area contributed by atoms with Crippen molar-refractivity contribution in [3.05, 3.63) is 29.8 Å². The molecular formula is C16H24N2O. The Balaban J connectivity index is 1.75. The second kappa shape index (κ2) is 5.51. The average molecular weight is 260 g/mol. The van der Waals surface area contributed by atoms with E-state index in [1.807, 2.05) is 6.07 Å². The predicted molar refractivity (Wildman–Crippen MR) is 77.5 cm³/mol. The Labute approximate surface area is 115 Å². The molecule has 0 spiro atoms. The van der Waals surface area contributed by atoms with Crippen LogP contribution in [0.25, 0.3) is 0 Å². The molecule has 1 unspecified atom stereocenters. The summed E-state index contributed by atoms with van der Waals surface area (Å²) in [6.07, 6.45) is 2.71. The van der Waals surface area contributed by atoms with Crippen molar-refractivity contribution in [3.8, 4) is 5.75 Å². The summed E-state index contributed by atoms with van der Waals surface area (Å²) in [4.78, 5) is 2.60. The molecule has 1 N–H and O–H groups in total. The van der Waals surface area contributed by atoms with Crippen LogP contribution in [0, 0.1) is 5.92 Å². The molecule has 3 rings (SSSR count). The van der Waals surface area contributed by atoms with Crippen molar-refractivity contribution in [2.45, 2.75) is 31.8 Å². The third-order valence-electron chi connectivity index (χ3n) is 4.76. The molecule has 0 amide bonds. The van der Waals surface area contributed by atoms with Crippen LogP contribution >= 0.6 is 0 Å². The number of likely N-dealkylation sites (tertiary alicyclic amines) is 1. The van der Waals surface area contributed by atoms with Gasteiger partial charge in [-0.3, -0.25) is 4.90 Å². The van der Waals surface area contributed by atoms with Crippen LogP contribution in [0.15, 0.2) is 24.3 Å². The zero-order chi connectivity index (χ0) is 13.2. The molecule has 3 heteroatoms. The maximum atomic E-state index is 5.50. The molecule has 19 heavy (non-hydrogen) atoms. The van der Waals surface area contributed by atoms with Crippen LogP contribution in [0.1, 0.15) is 31.4 Å². The van der Waals surface area contributed by atoms with Gasteiger partial charge in [-0.25, -0.2) is 0 Å². The summed E-state index contributed by atoms with van der Waals surface area (Å²) in [6.45, 7) is 5.88. The van der Waals surface area contributed by atoms with Crippen LogP contribution in [0.2, 0.25) is 0 Å². The first-order valence-electron chi connectivity index (χ1n) is 7.40. The summed E-state index contributed by atoms with van der Waals surface area (Å²) in [6, 6.07) is 9.54. The summed E-state index contributed by atoms with van der Waals surface area (Å²) >= 11 is 0. The second-order valence-corrected chi connectivity index (χ2v) is 5.83. The number of fused-ring (bicyclic) bond motifs is 1. The molecule has 3 nitrogen and oxygen atoms in total. The Morgan fingerprint density at radius 1 is 1.32 bits per heavy atom. The fraction of sp³-hybridized carbons (Fsp3) is 0.625. The van der Waals surface area contributed by atoms with Gasteiger partial charge >= 0.3 is 0 Å². The number of para-hydroxylation sites is 1. The van der Waals surface area contributed by atoms with Gasteiger partial charge in [0.25, 0.3) is 0 Å². The molecule has 2 aliphatic heterocycles. The molecular weight excluding hydrogens is 236 g/mol. The first-order valence-corrected chi connectivity index (χ1v) is 7.40. The van der Waals surface area contributed by atoms with E-state index in [9.17, 15) is 0 Å². The highest BCUT2D eigenvalue weighted by Crippen LogP contribution is 2.34. The highest BCUT2D eigenvalue weighted by molar-refractivity contribution is 5.35. The van der Waals surface area contributed by atoms with Crippen LogP contribution in [-0.4, -0.2) is 37.7 Å². The summed E-state index contributed by atoms with van der Waals surface area (Å²) in [5.41, 5.74) is 1.31. The van der Waals surface area contributed by atoms with Gasteiger partial charge in [-0.15, -0.1) is 0 Å². The summed E-state index contributed by atoms with van der Waals surface area (Å²) in [5.74, 6) is 1.85. The normalized spacial score (nSPS) is 28.9. The lowest BCUT2D eigenvalue weighted by molar-refractivity contribution is 0.245.